The molecular weight excluding hydrogens is 138 g/mol. The van der Waals surface area contributed by atoms with Gasteiger partial charge in [0.1, 0.15) is 0 Å². The Hall–Kier alpha value is -0.0831. The second-order valence-corrected chi connectivity index (χ2v) is 7.83. The number of hydrogen-bond acceptors (Lipinski definition) is 1. The monoisotopic (exact) mass is 157 g/mol. The van der Waals surface area contributed by atoms with Crippen molar-refractivity contribution in [1.29, 1.82) is 0 Å². The Morgan fingerprint density at radius 3 is 1.70 bits per heavy atom. The van der Waals surface area contributed by atoms with Crippen LogP contribution >= 0.6 is 0 Å². The molecule has 1 nitrogen and oxygen atoms in total. The molecule has 0 aromatic heterocycles. The molecule has 0 atom stereocenters. The molecule has 0 aliphatic carbocycles. The summed E-state index contributed by atoms with van der Waals surface area (Å²) in [5.41, 5.74) is 2.19. The average Bonchev–Trinajstić information content (AvgIpc) is 1.92. The second-order valence-electron chi connectivity index (χ2n) is 2.91. The predicted molar refractivity (Wildman–Crippen MR) is 50.6 cm³/mol. The first-order valence-electron chi connectivity index (χ1n) is 3.94. The summed E-state index contributed by atoms with van der Waals surface area (Å²) >= 11 is 0. The van der Waals surface area contributed by atoms with Crippen LogP contribution in [0.25, 0.3) is 0 Å². The summed E-state index contributed by atoms with van der Waals surface area (Å²) in [7, 11) is 3.14. The zero-order valence-electron chi connectivity index (χ0n) is 7.65. The van der Waals surface area contributed by atoms with Gasteiger partial charge in [-0.05, 0) is 26.2 Å². The van der Waals surface area contributed by atoms with Gasteiger partial charge in [0.05, 0.1) is 0 Å². The molecule has 0 radical (unpaired) electrons. The Labute approximate surface area is 65.8 Å². The Morgan fingerprint density at radius 1 is 1.30 bits per heavy atom. The van der Waals surface area contributed by atoms with Crippen LogP contribution in [0.15, 0.2) is 12.3 Å². The lowest BCUT2D eigenvalue weighted by Gasteiger charge is -2.32. The third-order valence-electron chi connectivity index (χ3n) is 2.50. The molecule has 0 unspecified atom stereocenters. The van der Waals surface area contributed by atoms with E-state index in [0.717, 1.165) is 0 Å². The van der Waals surface area contributed by atoms with Crippen LogP contribution in [0.3, 0.4) is 0 Å². The fourth-order valence-corrected chi connectivity index (χ4v) is 4.06. The van der Waals surface area contributed by atoms with Gasteiger partial charge >= 0.3 is 0 Å². The highest BCUT2D eigenvalue weighted by Crippen LogP contribution is 2.17. The van der Waals surface area contributed by atoms with Crippen LogP contribution in [0, 0.1) is 0 Å². The number of nitrogens with zero attached hydrogens (tertiary/aromatic N) is 1. The van der Waals surface area contributed by atoms with Crippen molar-refractivity contribution in [3.8, 4) is 0 Å². The summed E-state index contributed by atoms with van der Waals surface area (Å²) in [6.07, 6.45) is 0. The van der Waals surface area contributed by atoms with Crippen molar-refractivity contribution in [3.63, 3.8) is 0 Å². The van der Waals surface area contributed by atoms with Crippen molar-refractivity contribution in [2.75, 3.05) is 14.1 Å². The molecule has 60 valence electrons. The summed E-state index contributed by atoms with van der Waals surface area (Å²) in [5, 5.41) is 0. The lowest BCUT2D eigenvalue weighted by Crippen LogP contribution is -2.46. The molecule has 0 aromatic rings. The van der Waals surface area contributed by atoms with Gasteiger partial charge in [0, 0.05) is 0 Å². The van der Waals surface area contributed by atoms with Gasteiger partial charge in [-0.2, -0.15) is 0 Å². The zero-order chi connectivity index (χ0) is 8.20. The first kappa shape index (κ1) is 9.92. The average molecular weight is 157 g/mol. The molecule has 0 fully saturated rings. The van der Waals surface area contributed by atoms with Gasteiger partial charge in [0.2, 0.25) is 0 Å². The van der Waals surface area contributed by atoms with Gasteiger partial charge in [-0.25, -0.2) is 0 Å². The third kappa shape index (κ3) is 1.70. The molecule has 0 amide bonds. The third-order valence-corrected chi connectivity index (χ3v) is 7.49. The van der Waals surface area contributed by atoms with E-state index in [1.54, 1.807) is 0 Å². The van der Waals surface area contributed by atoms with Crippen LogP contribution in [0.5, 0.6) is 0 Å². The molecule has 0 N–H and O–H groups in total. The molecule has 2 heteroatoms. The van der Waals surface area contributed by atoms with E-state index in [9.17, 15) is 0 Å². The van der Waals surface area contributed by atoms with Gasteiger partial charge in [0.25, 0.3) is 0 Å². The van der Waals surface area contributed by atoms with Crippen LogP contribution in [0.2, 0.25) is 12.1 Å². The minimum absolute atomic E-state index is 1.20. The normalized spacial score (nSPS) is 12.1. The van der Waals surface area contributed by atoms with Gasteiger partial charge in [-0.15, -0.1) is 6.58 Å². The van der Waals surface area contributed by atoms with Crippen LogP contribution in [0.4, 0.5) is 0 Å². The molecule has 0 spiro atoms. The Bertz CT molecular complexity index is 106. The lowest BCUT2D eigenvalue weighted by molar-refractivity contribution is 0.616. The minimum Gasteiger partial charge on any atom is -0.326 e. The van der Waals surface area contributed by atoms with E-state index in [4.69, 9.17) is 0 Å². The first-order valence-corrected chi connectivity index (χ1v) is 6.38. The maximum absolute atomic E-state index is 3.92. The summed E-state index contributed by atoms with van der Waals surface area (Å²) in [5.74, 6) is 0. The van der Waals surface area contributed by atoms with E-state index in [1.807, 2.05) is 0 Å². The molecule has 0 saturated carbocycles. The molecule has 10 heavy (non-hydrogen) atoms. The van der Waals surface area contributed by atoms with Gasteiger partial charge in [-0.3, -0.25) is 0 Å². The van der Waals surface area contributed by atoms with Crippen LogP contribution in [-0.4, -0.2) is 26.9 Å². The summed E-state index contributed by atoms with van der Waals surface area (Å²) in [4.78, 5) is 0. The smallest absolute Gasteiger partial charge is 0.151 e. The van der Waals surface area contributed by atoms with Crippen molar-refractivity contribution in [1.82, 2.24) is 4.57 Å². The molecule has 0 aliphatic rings. The highest BCUT2D eigenvalue weighted by Gasteiger charge is 2.27. The molecule has 0 aromatic carbocycles. The van der Waals surface area contributed by atoms with Crippen molar-refractivity contribution in [2.45, 2.75) is 25.9 Å². The molecule has 0 rings (SSSR count). The maximum Gasteiger partial charge on any atom is 0.151 e. The largest absolute Gasteiger partial charge is 0.326 e. The van der Waals surface area contributed by atoms with Crippen LogP contribution in [0.1, 0.15) is 13.8 Å². The predicted octanol–water partition coefficient (Wildman–Crippen LogP) is 2.26. The summed E-state index contributed by atoms with van der Waals surface area (Å²) in [6, 6.07) is 2.56. The number of hydrogen-bond donors (Lipinski definition) is 0. The first-order chi connectivity index (χ1) is 4.63. The van der Waals surface area contributed by atoms with Crippen molar-refractivity contribution < 1.29 is 0 Å². The topological polar surface area (TPSA) is 3.24 Å². The molecule has 0 saturated heterocycles. The molecular formula is C8H19NSi. The molecule has 0 bridgehead atoms. The van der Waals surface area contributed by atoms with E-state index in [2.05, 4.69) is 44.8 Å². The van der Waals surface area contributed by atoms with Gasteiger partial charge in [0.15, 0.2) is 8.24 Å². The Morgan fingerprint density at radius 2 is 1.70 bits per heavy atom. The van der Waals surface area contributed by atoms with E-state index in [-0.39, 0.29) is 0 Å². The number of rotatable bonds is 4. The SMILES string of the molecule is C=C[Si](CC)(CC)N(C)C. The van der Waals surface area contributed by atoms with Crippen LogP contribution in [-0.2, 0) is 0 Å². The molecule has 0 heterocycles. The van der Waals surface area contributed by atoms with Gasteiger partial charge in [-0.1, -0.05) is 19.5 Å². The van der Waals surface area contributed by atoms with E-state index >= 15 is 0 Å². The summed E-state index contributed by atoms with van der Waals surface area (Å²) in [6.45, 7) is 8.44. The van der Waals surface area contributed by atoms with E-state index in [1.165, 1.54) is 12.1 Å². The quantitative estimate of drug-likeness (QED) is 0.566. The Balaban J connectivity index is 4.30. The van der Waals surface area contributed by atoms with Crippen LogP contribution < -0.4 is 0 Å². The van der Waals surface area contributed by atoms with Crippen molar-refractivity contribution in [3.05, 3.63) is 12.3 Å². The van der Waals surface area contributed by atoms with Crippen molar-refractivity contribution >= 4 is 8.24 Å². The summed E-state index contributed by atoms with van der Waals surface area (Å²) < 4.78 is 2.38. The van der Waals surface area contributed by atoms with Gasteiger partial charge < -0.3 is 4.57 Å². The Kier molecular flexibility index (Phi) is 3.90. The zero-order valence-corrected chi connectivity index (χ0v) is 8.65. The molecule has 0 aliphatic heterocycles. The highest BCUT2D eigenvalue weighted by atomic mass is 28.3. The highest BCUT2D eigenvalue weighted by molar-refractivity contribution is 6.81. The van der Waals surface area contributed by atoms with E-state index < -0.39 is 8.24 Å². The lowest BCUT2D eigenvalue weighted by atomic mass is 10.9. The van der Waals surface area contributed by atoms with E-state index in [0.29, 0.717) is 0 Å². The minimum atomic E-state index is -1.20. The standard InChI is InChI=1S/C8H19NSi/c1-6-10(7-2,8-3)9(4)5/h6H,1,7-8H2,2-5H3. The maximum atomic E-state index is 3.92. The van der Waals surface area contributed by atoms with Crippen molar-refractivity contribution in [2.24, 2.45) is 0 Å². The fourth-order valence-electron chi connectivity index (χ4n) is 1.35. The fraction of sp³-hybridized carbons (Fsp3) is 0.750. The second kappa shape index (κ2) is 3.94.